The molecule has 6 nitrogen and oxygen atoms in total. The lowest BCUT2D eigenvalue weighted by molar-refractivity contribution is -0.123. The molecule has 0 saturated heterocycles. The van der Waals surface area contributed by atoms with Crippen LogP contribution in [0.4, 0.5) is 0 Å². The molecule has 0 fully saturated rings. The monoisotopic (exact) mass is 259 g/mol. The van der Waals surface area contributed by atoms with Crippen molar-refractivity contribution in [2.24, 2.45) is 7.05 Å². The van der Waals surface area contributed by atoms with Gasteiger partial charge in [-0.15, -0.1) is 0 Å². The van der Waals surface area contributed by atoms with E-state index in [0.29, 0.717) is 6.54 Å². The van der Waals surface area contributed by atoms with Crippen molar-refractivity contribution in [2.75, 3.05) is 7.05 Å². The molecule has 0 saturated carbocycles. The van der Waals surface area contributed by atoms with Gasteiger partial charge in [0.1, 0.15) is 6.04 Å². The topological polar surface area (TPSA) is 71.8 Å². The molecule has 0 spiro atoms. The van der Waals surface area contributed by atoms with E-state index in [1.807, 2.05) is 25.4 Å². The Hall–Kier alpha value is -2.21. The van der Waals surface area contributed by atoms with E-state index in [4.69, 9.17) is 0 Å². The van der Waals surface area contributed by atoms with Gasteiger partial charge in [-0.1, -0.05) is 6.07 Å². The molecule has 1 atom stereocenters. The van der Waals surface area contributed by atoms with E-state index >= 15 is 0 Å². The Kier molecular flexibility index (Phi) is 4.25. The molecule has 2 heterocycles. The lowest BCUT2D eigenvalue weighted by Crippen LogP contribution is -2.35. The molecule has 6 heteroatoms. The van der Waals surface area contributed by atoms with E-state index in [0.717, 1.165) is 11.1 Å². The van der Waals surface area contributed by atoms with E-state index in [9.17, 15) is 4.79 Å². The van der Waals surface area contributed by atoms with Gasteiger partial charge in [-0.05, 0) is 18.7 Å². The number of nitrogens with zero attached hydrogens (tertiary/aromatic N) is 3. The minimum atomic E-state index is -0.398. The maximum Gasteiger partial charge on any atom is 0.242 e. The van der Waals surface area contributed by atoms with Gasteiger partial charge >= 0.3 is 0 Å². The van der Waals surface area contributed by atoms with Gasteiger partial charge in [0.2, 0.25) is 5.91 Å². The number of aromatic nitrogens is 3. The van der Waals surface area contributed by atoms with E-state index in [-0.39, 0.29) is 5.91 Å². The number of pyridine rings is 1. The average Bonchev–Trinajstić information content (AvgIpc) is 2.85. The van der Waals surface area contributed by atoms with Crippen molar-refractivity contribution >= 4 is 5.91 Å². The maximum atomic E-state index is 12.1. The van der Waals surface area contributed by atoms with Crippen molar-refractivity contribution in [3.8, 4) is 0 Å². The standard InChI is InChI=1S/C13H17N5O/c1-14-12(11-8-17-18(2)9-11)13(19)16-7-10-4-3-5-15-6-10/h3-6,8-9,12,14H,7H2,1-2H3,(H,16,19). The molecule has 100 valence electrons. The molecular formula is C13H17N5O. The van der Waals surface area contributed by atoms with Crippen molar-refractivity contribution in [1.29, 1.82) is 0 Å². The van der Waals surface area contributed by atoms with Gasteiger partial charge in [0, 0.05) is 37.7 Å². The first-order valence-electron chi connectivity index (χ1n) is 6.03. The highest BCUT2D eigenvalue weighted by Crippen LogP contribution is 2.11. The Bertz CT molecular complexity index is 537. The number of rotatable bonds is 5. The molecule has 0 aliphatic rings. The van der Waals surface area contributed by atoms with Crippen LogP contribution in [0.5, 0.6) is 0 Å². The molecule has 2 N–H and O–H groups in total. The van der Waals surface area contributed by atoms with Gasteiger partial charge < -0.3 is 10.6 Å². The van der Waals surface area contributed by atoms with Gasteiger partial charge in [-0.2, -0.15) is 5.10 Å². The summed E-state index contributed by atoms with van der Waals surface area (Å²) in [6, 6.07) is 3.37. The molecule has 0 aliphatic heterocycles. The summed E-state index contributed by atoms with van der Waals surface area (Å²) >= 11 is 0. The summed E-state index contributed by atoms with van der Waals surface area (Å²) in [4.78, 5) is 16.1. The van der Waals surface area contributed by atoms with Crippen LogP contribution in [-0.2, 0) is 18.4 Å². The molecule has 0 aromatic carbocycles. The molecule has 0 radical (unpaired) electrons. The zero-order valence-corrected chi connectivity index (χ0v) is 11.0. The molecule has 2 rings (SSSR count). The second kappa shape index (κ2) is 6.10. The minimum absolute atomic E-state index is 0.0839. The van der Waals surface area contributed by atoms with Crippen LogP contribution >= 0.6 is 0 Å². The van der Waals surface area contributed by atoms with Crippen molar-refractivity contribution in [3.63, 3.8) is 0 Å². The summed E-state index contributed by atoms with van der Waals surface area (Å²) < 4.78 is 1.67. The van der Waals surface area contributed by atoms with Crippen molar-refractivity contribution in [1.82, 2.24) is 25.4 Å². The Morgan fingerprint density at radius 2 is 2.32 bits per heavy atom. The zero-order chi connectivity index (χ0) is 13.7. The number of carbonyl (C=O) groups is 1. The highest BCUT2D eigenvalue weighted by Gasteiger charge is 2.19. The second-order valence-electron chi connectivity index (χ2n) is 4.25. The molecule has 2 aromatic heterocycles. The highest BCUT2D eigenvalue weighted by molar-refractivity contribution is 5.82. The SMILES string of the molecule is CNC(C(=O)NCc1cccnc1)c1cnn(C)c1. The Morgan fingerprint density at radius 3 is 2.89 bits per heavy atom. The van der Waals surface area contributed by atoms with Crippen molar-refractivity contribution < 1.29 is 4.79 Å². The van der Waals surface area contributed by atoms with Crippen molar-refractivity contribution in [3.05, 3.63) is 48.0 Å². The van der Waals surface area contributed by atoms with Crippen LogP contribution in [-0.4, -0.2) is 27.7 Å². The van der Waals surface area contributed by atoms with Crippen LogP contribution in [0.1, 0.15) is 17.2 Å². The van der Waals surface area contributed by atoms with Crippen LogP contribution in [0, 0.1) is 0 Å². The first-order valence-corrected chi connectivity index (χ1v) is 6.03. The molecule has 19 heavy (non-hydrogen) atoms. The average molecular weight is 259 g/mol. The van der Waals surface area contributed by atoms with Gasteiger partial charge in [0.25, 0.3) is 0 Å². The normalized spacial score (nSPS) is 12.1. The van der Waals surface area contributed by atoms with E-state index < -0.39 is 6.04 Å². The molecular weight excluding hydrogens is 242 g/mol. The number of nitrogens with one attached hydrogen (secondary N) is 2. The number of aryl methyl sites for hydroxylation is 1. The highest BCUT2D eigenvalue weighted by atomic mass is 16.2. The third-order valence-electron chi connectivity index (χ3n) is 2.80. The largest absolute Gasteiger partial charge is 0.350 e. The minimum Gasteiger partial charge on any atom is -0.350 e. The number of hydrogen-bond donors (Lipinski definition) is 2. The Labute approximate surface area is 111 Å². The molecule has 0 bridgehead atoms. The van der Waals surface area contributed by atoms with Gasteiger partial charge in [-0.25, -0.2) is 0 Å². The van der Waals surface area contributed by atoms with Crippen LogP contribution < -0.4 is 10.6 Å². The number of hydrogen-bond acceptors (Lipinski definition) is 4. The predicted octanol–water partition coefficient (Wildman–Crippen LogP) is 0.392. The molecule has 2 aromatic rings. The van der Waals surface area contributed by atoms with E-state index in [1.54, 1.807) is 30.3 Å². The van der Waals surface area contributed by atoms with Crippen LogP contribution in [0.25, 0.3) is 0 Å². The summed E-state index contributed by atoms with van der Waals surface area (Å²) in [5.74, 6) is -0.0839. The Morgan fingerprint density at radius 1 is 1.47 bits per heavy atom. The lowest BCUT2D eigenvalue weighted by Gasteiger charge is -2.14. The summed E-state index contributed by atoms with van der Waals surface area (Å²) in [5.41, 5.74) is 1.81. The van der Waals surface area contributed by atoms with Gasteiger partial charge in [0.15, 0.2) is 0 Å². The number of likely N-dealkylation sites (N-methyl/N-ethyl adjacent to an activating group) is 1. The van der Waals surface area contributed by atoms with Crippen LogP contribution in [0.3, 0.4) is 0 Å². The zero-order valence-electron chi connectivity index (χ0n) is 11.0. The maximum absolute atomic E-state index is 12.1. The van der Waals surface area contributed by atoms with Crippen LogP contribution in [0.15, 0.2) is 36.9 Å². The first kappa shape index (κ1) is 13.2. The Balaban J connectivity index is 1.98. The quantitative estimate of drug-likeness (QED) is 0.815. The summed E-state index contributed by atoms with van der Waals surface area (Å²) in [7, 11) is 3.57. The lowest BCUT2D eigenvalue weighted by atomic mass is 10.1. The third kappa shape index (κ3) is 3.38. The van der Waals surface area contributed by atoms with Gasteiger partial charge in [-0.3, -0.25) is 14.5 Å². The number of amides is 1. The second-order valence-corrected chi connectivity index (χ2v) is 4.25. The fourth-order valence-corrected chi connectivity index (χ4v) is 1.83. The summed E-state index contributed by atoms with van der Waals surface area (Å²) in [5, 5.41) is 9.94. The fraction of sp³-hybridized carbons (Fsp3) is 0.308. The van der Waals surface area contributed by atoms with Crippen molar-refractivity contribution in [2.45, 2.75) is 12.6 Å². The molecule has 0 aliphatic carbocycles. The summed E-state index contributed by atoms with van der Waals surface area (Å²) in [6.45, 7) is 0.463. The van der Waals surface area contributed by atoms with E-state index in [1.165, 1.54) is 0 Å². The van der Waals surface area contributed by atoms with Gasteiger partial charge in [0.05, 0.1) is 6.20 Å². The smallest absolute Gasteiger partial charge is 0.242 e. The van der Waals surface area contributed by atoms with Crippen LogP contribution in [0.2, 0.25) is 0 Å². The predicted molar refractivity (Wildman–Crippen MR) is 71.1 cm³/mol. The summed E-state index contributed by atoms with van der Waals surface area (Å²) in [6.07, 6.45) is 6.95. The number of carbonyl (C=O) groups excluding carboxylic acids is 1. The fourth-order valence-electron chi connectivity index (χ4n) is 1.83. The first-order chi connectivity index (χ1) is 9.20. The molecule has 1 unspecified atom stereocenters. The van der Waals surface area contributed by atoms with E-state index in [2.05, 4.69) is 20.7 Å². The molecule has 1 amide bonds. The third-order valence-corrected chi connectivity index (χ3v) is 2.80.